The summed E-state index contributed by atoms with van der Waals surface area (Å²) in [6.07, 6.45) is 0. The Labute approximate surface area is 116 Å². The number of Topliss-reactive ketones (excluding diaryl/α,β-unsaturated/α-hetero) is 1. The van der Waals surface area contributed by atoms with Crippen LogP contribution in [0, 0.1) is 5.82 Å². The van der Waals surface area contributed by atoms with Gasteiger partial charge in [0, 0.05) is 5.56 Å². The summed E-state index contributed by atoms with van der Waals surface area (Å²) < 4.78 is 19.3. The molecule has 0 spiro atoms. The van der Waals surface area contributed by atoms with Crippen LogP contribution in [0.5, 0.6) is 5.75 Å². The van der Waals surface area contributed by atoms with Gasteiger partial charge in [-0.3, -0.25) is 4.79 Å². The highest BCUT2D eigenvalue weighted by Crippen LogP contribution is 2.28. The Kier molecular flexibility index (Phi) is 4.48. The molecule has 0 heterocycles. The fourth-order valence-corrected chi connectivity index (χ4v) is 1.94. The number of hydrogen-bond donors (Lipinski definition) is 0. The van der Waals surface area contributed by atoms with E-state index in [4.69, 9.17) is 4.74 Å². The molecule has 20 heavy (non-hydrogen) atoms. The topological polar surface area (TPSA) is 46.2 Å². The maximum Gasteiger partial charge on any atom is 0.166 e. The lowest BCUT2D eigenvalue weighted by Gasteiger charge is -2.14. The van der Waals surface area contributed by atoms with Gasteiger partial charge in [-0.05, 0) is 24.6 Å². The Morgan fingerprint density at radius 1 is 1.15 bits per heavy atom. The van der Waals surface area contributed by atoms with Crippen LogP contribution < -0.4 is 4.74 Å². The van der Waals surface area contributed by atoms with E-state index in [0.717, 1.165) is 11.6 Å². The van der Waals surface area contributed by atoms with Crippen molar-refractivity contribution in [1.82, 2.24) is 0 Å². The van der Waals surface area contributed by atoms with Crippen molar-refractivity contribution in [3.8, 4) is 5.75 Å². The van der Waals surface area contributed by atoms with E-state index in [9.17, 15) is 14.3 Å². The molecule has 0 fully saturated rings. The van der Waals surface area contributed by atoms with E-state index in [1.807, 2.05) is 30.3 Å². The fraction of sp³-hybridized carbons (Fsp3) is 0.188. The van der Waals surface area contributed by atoms with E-state index in [0.29, 0.717) is 0 Å². The number of carbonyl (C=O) groups excluding carboxylic acids is 1. The van der Waals surface area contributed by atoms with Crippen molar-refractivity contribution in [1.29, 1.82) is 0 Å². The molecule has 0 unspecified atom stereocenters. The molecule has 0 aliphatic carbocycles. The number of carbonyl (C=O) groups is 1. The summed E-state index contributed by atoms with van der Waals surface area (Å²) in [4.78, 5) is 11.5. The molecule has 2 aromatic carbocycles. The summed E-state index contributed by atoms with van der Waals surface area (Å²) in [6.45, 7) is 0.866. The average molecular weight is 273 g/mol. The summed E-state index contributed by atoms with van der Waals surface area (Å²) in [5, 5.41) is 11.1. The second-order valence-corrected chi connectivity index (χ2v) is 4.39. The monoisotopic (exact) mass is 273 g/mol. The molecule has 0 amide bonds. The van der Waals surface area contributed by atoms with Crippen LogP contribution >= 0.6 is 0 Å². The van der Waals surface area contributed by atoms with E-state index < -0.39 is 18.2 Å². The SMILES string of the molecule is CC(=O)c1c(F)ccc(C[O])c1OCc1ccccc1. The Hall–Kier alpha value is -2.20. The number of rotatable bonds is 5. The van der Waals surface area contributed by atoms with Gasteiger partial charge in [-0.15, -0.1) is 0 Å². The molecule has 0 atom stereocenters. The van der Waals surface area contributed by atoms with Crippen LogP contribution in [-0.4, -0.2) is 5.78 Å². The summed E-state index contributed by atoms with van der Waals surface area (Å²) in [5.41, 5.74) is 1.00. The smallest absolute Gasteiger partial charge is 0.166 e. The summed E-state index contributed by atoms with van der Waals surface area (Å²) >= 11 is 0. The zero-order valence-electron chi connectivity index (χ0n) is 11.1. The first-order valence-corrected chi connectivity index (χ1v) is 6.20. The highest BCUT2D eigenvalue weighted by atomic mass is 19.1. The molecule has 103 valence electrons. The largest absolute Gasteiger partial charge is 0.488 e. The third kappa shape index (κ3) is 3.03. The predicted octanol–water partition coefficient (Wildman–Crippen LogP) is 3.54. The number of ether oxygens (including phenoxy) is 1. The molecular weight excluding hydrogens is 259 g/mol. The van der Waals surface area contributed by atoms with Crippen molar-refractivity contribution >= 4 is 5.78 Å². The van der Waals surface area contributed by atoms with Crippen LogP contribution in [0.3, 0.4) is 0 Å². The van der Waals surface area contributed by atoms with Crippen LogP contribution in [0.25, 0.3) is 0 Å². The number of hydrogen-bond acceptors (Lipinski definition) is 2. The fourth-order valence-electron chi connectivity index (χ4n) is 1.94. The molecule has 2 aromatic rings. The van der Waals surface area contributed by atoms with Crippen molar-refractivity contribution in [2.75, 3.05) is 0 Å². The van der Waals surface area contributed by atoms with E-state index in [1.54, 1.807) is 0 Å². The van der Waals surface area contributed by atoms with E-state index in [1.165, 1.54) is 13.0 Å². The Bertz CT molecular complexity index is 609. The zero-order chi connectivity index (χ0) is 14.5. The van der Waals surface area contributed by atoms with Gasteiger partial charge < -0.3 is 4.74 Å². The Balaban J connectivity index is 2.34. The molecular formula is C16H14FO3. The zero-order valence-corrected chi connectivity index (χ0v) is 11.1. The molecule has 2 rings (SSSR count). The molecule has 0 bridgehead atoms. The lowest BCUT2D eigenvalue weighted by Crippen LogP contribution is -2.07. The minimum absolute atomic E-state index is 0.0522. The average Bonchev–Trinajstić information content (AvgIpc) is 2.45. The molecule has 4 heteroatoms. The maximum atomic E-state index is 13.7. The normalized spacial score (nSPS) is 10.3. The molecule has 3 nitrogen and oxygen atoms in total. The molecule has 0 saturated heterocycles. The van der Waals surface area contributed by atoms with Gasteiger partial charge in [-0.1, -0.05) is 30.3 Å². The van der Waals surface area contributed by atoms with Crippen LogP contribution in [0.4, 0.5) is 4.39 Å². The van der Waals surface area contributed by atoms with Crippen molar-refractivity contribution in [2.45, 2.75) is 20.1 Å². The van der Waals surface area contributed by atoms with Crippen LogP contribution in [-0.2, 0) is 18.3 Å². The molecule has 0 aliphatic rings. The summed E-state index contributed by atoms with van der Waals surface area (Å²) in [5.74, 6) is -1.07. The molecule has 0 N–H and O–H groups in total. The minimum atomic E-state index is -0.669. The van der Waals surface area contributed by atoms with Crippen LogP contribution in [0.1, 0.15) is 28.4 Å². The van der Waals surface area contributed by atoms with Crippen molar-refractivity contribution in [2.24, 2.45) is 0 Å². The minimum Gasteiger partial charge on any atom is -0.488 e. The standard InChI is InChI=1S/C16H14FO3/c1-11(19)15-14(17)8-7-13(9-18)16(15)20-10-12-5-3-2-4-6-12/h2-8H,9-10H2,1H3. The second-order valence-electron chi connectivity index (χ2n) is 4.39. The van der Waals surface area contributed by atoms with Gasteiger partial charge in [0.15, 0.2) is 5.78 Å². The van der Waals surface area contributed by atoms with E-state index >= 15 is 0 Å². The Morgan fingerprint density at radius 3 is 2.45 bits per heavy atom. The van der Waals surface area contributed by atoms with E-state index in [-0.39, 0.29) is 23.5 Å². The van der Waals surface area contributed by atoms with Crippen molar-refractivity contribution in [3.05, 3.63) is 65.0 Å². The van der Waals surface area contributed by atoms with Gasteiger partial charge in [-0.2, -0.15) is 0 Å². The summed E-state index contributed by atoms with van der Waals surface area (Å²) in [7, 11) is 0. The van der Waals surface area contributed by atoms with Crippen molar-refractivity contribution in [3.63, 3.8) is 0 Å². The summed E-state index contributed by atoms with van der Waals surface area (Å²) in [6, 6.07) is 11.8. The highest BCUT2D eigenvalue weighted by molar-refractivity contribution is 5.97. The molecule has 0 saturated carbocycles. The lowest BCUT2D eigenvalue weighted by atomic mass is 10.1. The van der Waals surface area contributed by atoms with Crippen LogP contribution in [0.2, 0.25) is 0 Å². The first-order valence-electron chi connectivity index (χ1n) is 6.20. The quantitative estimate of drug-likeness (QED) is 0.782. The number of halogens is 1. The van der Waals surface area contributed by atoms with Gasteiger partial charge >= 0.3 is 0 Å². The van der Waals surface area contributed by atoms with Crippen LogP contribution in [0.15, 0.2) is 42.5 Å². The van der Waals surface area contributed by atoms with Gasteiger partial charge in [0.2, 0.25) is 0 Å². The highest BCUT2D eigenvalue weighted by Gasteiger charge is 2.18. The predicted molar refractivity (Wildman–Crippen MR) is 71.6 cm³/mol. The first-order chi connectivity index (χ1) is 9.63. The van der Waals surface area contributed by atoms with E-state index in [2.05, 4.69) is 0 Å². The number of benzene rings is 2. The van der Waals surface area contributed by atoms with Gasteiger partial charge in [0.25, 0.3) is 0 Å². The molecule has 0 aliphatic heterocycles. The molecule has 0 aromatic heterocycles. The number of ketones is 1. The van der Waals surface area contributed by atoms with Crippen molar-refractivity contribution < 1.29 is 19.0 Å². The van der Waals surface area contributed by atoms with Gasteiger partial charge in [-0.25, -0.2) is 9.50 Å². The Morgan fingerprint density at radius 2 is 1.85 bits per heavy atom. The molecule has 1 radical (unpaired) electrons. The second kappa shape index (κ2) is 6.30. The van der Waals surface area contributed by atoms with Gasteiger partial charge in [0.1, 0.15) is 24.8 Å². The first kappa shape index (κ1) is 14.2. The third-order valence-electron chi connectivity index (χ3n) is 2.92. The lowest BCUT2D eigenvalue weighted by molar-refractivity contribution is 0.100. The van der Waals surface area contributed by atoms with Gasteiger partial charge in [0.05, 0.1) is 5.56 Å². The third-order valence-corrected chi connectivity index (χ3v) is 2.92. The maximum absolute atomic E-state index is 13.7.